The lowest BCUT2D eigenvalue weighted by molar-refractivity contribution is 0.450. The molecule has 1 saturated carbocycles. The summed E-state index contributed by atoms with van der Waals surface area (Å²) in [5.41, 5.74) is 7.52. The zero-order chi connectivity index (χ0) is 10.9. The quantitative estimate of drug-likeness (QED) is 0.826. The average molecular weight is 207 g/mol. The first-order valence-corrected chi connectivity index (χ1v) is 5.93. The van der Waals surface area contributed by atoms with Crippen molar-refractivity contribution in [3.8, 4) is 0 Å². The summed E-state index contributed by atoms with van der Waals surface area (Å²) < 4.78 is 2.03. The van der Waals surface area contributed by atoms with Crippen molar-refractivity contribution in [1.82, 2.24) is 9.78 Å². The third-order valence-electron chi connectivity index (χ3n) is 3.69. The summed E-state index contributed by atoms with van der Waals surface area (Å²) in [5, 5.41) is 4.41. The summed E-state index contributed by atoms with van der Waals surface area (Å²) in [6, 6.07) is 0.440. The van der Waals surface area contributed by atoms with Crippen LogP contribution in [0.4, 0.5) is 0 Å². The fraction of sp³-hybridized carbons (Fsp3) is 0.750. The molecule has 0 aliphatic heterocycles. The number of aromatic nitrogens is 2. The first-order valence-electron chi connectivity index (χ1n) is 5.93. The van der Waals surface area contributed by atoms with Gasteiger partial charge in [0.1, 0.15) is 0 Å². The Hall–Kier alpha value is -0.830. The first kappa shape index (κ1) is 10.7. The summed E-state index contributed by atoms with van der Waals surface area (Å²) >= 11 is 0. The third-order valence-corrected chi connectivity index (χ3v) is 3.69. The van der Waals surface area contributed by atoms with Crippen LogP contribution in [0.15, 0.2) is 12.4 Å². The second kappa shape index (κ2) is 3.97. The van der Waals surface area contributed by atoms with Crippen LogP contribution in [0.1, 0.15) is 51.1 Å². The Bertz CT molecular complexity index is 321. The molecule has 1 aliphatic carbocycles. The van der Waals surface area contributed by atoms with Gasteiger partial charge in [-0.05, 0) is 32.3 Å². The molecule has 3 heteroatoms. The van der Waals surface area contributed by atoms with E-state index in [1.54, 1.807) is 0 Å². The Labute approximate surface area is 91.7 Å². The summed E-state index contributed by atoms with van der Waals surface area (Å²) in [4.78, 5) is 0. The van der Waals surface area contributed by atoms with Crippen LogP contribution in [-0.4, -0.2) is 16.3 Å². The maximum atomic E-state index is 5.95. The number of hydrogen-bond acceptors (Lipinski definition) is 2. The van der Waals surface area contributed by atoms with E-state index in [9.17, 15) is 0 Å². The van der Waals surface area contributed by atoms with Gasteiger partial charge in [-0.1, -0.05) is 12.8 Å². The van der Waals surface area contributed by atoms with Crippen LogP contribution in [0.2, 0.25) is 0 Å². The highest BCUT2D eigenvalue weighted by Gasteiger charge is 2.35. The van der Waals surface area contributed by atoms with Crippen molar-refractivity contribution >= 4 is 0 Å². The molecule has 3 nitrogen and oxygen atoms in total. The zero-order valence-corrected chi connectivity index (χ0v) is 9.74. The minimum absolute atomic E-state index is 0.229. The summed E-state index contributed by atoms with van der Waals surface area (Å²) in [6.07, 6.45) is 9.27. The van der Waals surface area contributed by atoms with Gasteiger partial charge in [-0.3, -0.25) is 4.68 Å². The first-order chi connectivity index (χ1) is 7.18. The van der Waals surface area contributed by atoms with E-state index in [0.29, 0.717) is 6.04 Å². The van der Waals surface area contributed by atoms with Crippen LogP contribution in [-0.2, 0) is 5.41 Å². The minimum atomic E-state index is 0.229. The lowest BCUT2D eigenvalue weighted by atomic mass is 9.81. The van der Waals surface area contributed by atoms with Crippen molar-refractivity contribution in [3.05, 3.63) is 18.0 Å². The molecular weight excluding hydrogens is 186 g/mol. The van der Waals surface area contributed by atoms with E-state index in [1.165, 1.54) is 31.2 Å². The summed E-state index contributed by atoms with van der Waals surface area (Å²) in [6.45, 7) is 5.07. The Kier molecular flexibility index (Phi) is 2.83. The van der Waals surface area contributed by atoms with Gasteiger partial charge in [0, 0.05) is 24.2 Å². The largest absolute Gasteiger partial charge is 0.330 e. The Morgan fingerprint density at radius 3 is 2.60 bits per heavy atom. The molecule has 1 fully saturated rings. The van der Waals surface area contributed by atoms with Crippen molar-refractivity contribution in [1.29, 1.82) is 0 Å². The molecule has 0 saturated heterocycles. The number of rotatable bonds is 3. The predicted molar refractivity (Wildman–Crippen MR) is 61.8 cm³/mol. The monoisotopic (exact) mass is 207 g/mol. The molecule has 0 bridgehead atoms. The van der Waals surface area contributed by atoms with Gasteiger partial charge >= 0.3 is 0 Å². The zero-order valence-electron chi connectivity index (χ0n) is 9.74. The van der Waals surface area contributed by atoms with E-state index >= 15 is 0 Å². The second-order valence-electron chi connectivity index (χ2n) is 4.99. The second-order valence-corrected chi connectivity index (χ2v) is 4.99. The van der Waals surface area contributed by atoms with E-state index in [4.69, 9.17) is 5.73 Å². The van der Waals surface area contributed by atoms with Crippen LogP contribution in [0.3, 0.4) is 0 Å². The van der Waals surface area contributed by atoms with Crippen LogP contribution >= 0.6 is 0 Å². The van der Waals surface area contributed by atoms with E-state index in [-0.39, 0.29) is 5.41 Å². The fourth-order valence-electron chi connectivity index (χ4n) is 2.56. The molecule has 84 valence electrons. The Morgan fingerprint density at radius 1 is 1.47 bits per heavy atom. The predicted octanol–water partition coefficient (Wildman–Crippen LogP) is 2.23. The van der Waals surface area contributed by atoms with Crippen molar-refractivity contribution < 1.29 is 0 Å². The molecule has 0 radical (unpaired) electrons. The molecule has 2 N–H and O–H groups in total. The molecule has 15 heavy (non-hydrogen) atoms. The maximum absolute atomic E-state index is 5.95. The Morgan fingerprint density at radius 2 is 2.13 bits per heavy atom. The number of nitrogens with two attached hydrogens (primary N) is 1. The summed E-state index contributed by atoms with van der Waals surface area (Å²) in [7, 11) is 0. The van der Waals surface area contributed by atoms with Gasteiger partial charge < -0.3 is 5.73 Å². The molecule has 1 aromatic rings. The van der Waals surface area contributed by atoms with Gasteiger partial charge in [0.05, 0.1) is 6.20 Å². The molecule has 2 rings (SSSR count). The normalized spacial score (nSPS) is 20.0. The van der Waals surface area contributed by atoms with Crippen LogP contribution in [0, 0.1) is 0 Å². The molecule has 0 amide bonds. The molecule has 0 spiro atoms. The van der Waals surface area contributed by atoms with E-state index < -0.39 is 0 Å². The molecule has 0 aromatic carbocycles. The molecule has 0 unspecified atom stereocenters. The van der Waals surface area contributed by atoms with Gasteiger partial charge in [0.25, 0.3) is 0 Å². The number of hydrogen-bond donors (Lipinski definition) is 1. The van der Waals surface area contributed by atoms with Gasteiger partial charge in [-0.2, -0.15) is 5.10 Å². The van der Waals surface area contributed by atoms with Crippen molar-refractivity contribution in [3.63, 3.8) is 0 Å². The van der Waals surface area contributed by atoms with Crippen molar-refractivity contribution in [2.45, 2.75) is 51.0 Å². The standard InChI is InChI=1S/C12H21N3/c1-10(2)15-8-11(7-14-15)12(9-13)5-3-4-6-12/h7-8,10H,3-6,9,13H2,1-2H3. The van der Waals surface area contributed by atoms with Gasteiger partial charge in [-0.15, -0.1) is 0 Å². The Balaban J connectivity index is 2.27. The summed E-state index contributed by atoms with van der Waals surface area (Å²) in [5.74, 6) is 0. The highest BCUT2D eigenvalue weighted by molar-refractivity contribution is 5.22. The lowest BCUT2D eigenvalue weighted by Crippen LogP contribution is -2.31. The van der Waals surface area contributed by atoms with Gasteiger partial charge in [-0.25, -0.2) is 0 Å². The van der Waals surface area contributed by atoms with Gasteiger partial charge in [0.2, 0.25) is 0 Å². The minimum Gasteiger partial charge on any atom is -0.330 e. The topological polar surface area (TPSA) is 43.8 Å². The van der Waals surface area contributed by atoms with Crippen molar-refractivity contribution in [2.75, 3.05) is 6.54 Å². The smallest absolute Gasteiger partial charge is 0.0528 e. The van der Waals surface area contributed by atoms with Crippen molar-refractivity contribution in [2.24, 2.45) is 5.73 Å². The molecule has 1 heterocycles. The van der Waals surface area contributed by atoms with E-state index in [2.05, 4.69) is 25.1 Å². The van der Waals surface area contributed by atoms with E-state index in [0.717, 1.165) is 6.54 Å². The molecule has 1 aliphatic rings. The van der Waals surface area contributed by atoms with Crippen LogP contribution in [0.25, 0.3) is 0 Å². The SMILES string of the molecule is CC(C)n1cc(C2(CN)CCCC2)cn1. The number of nitrogens with zero attached hydrogens (tertiary/aromatic N) is 2. The highest BCUT2D eigenvalue weighted by atomic mass is 15.3. The van der Waals surface area contributed by atoms with Crippen LogP contribution in [0.5, 0.6) is 0 Å². The molecule has 0 atom stereocenters. The molecule has 1 aromatic heterocycles. The van der Waals surface area contributed by atoms with Gasteiger partial charge in [0.15, 0.2) is 0 Å². The molecular formula is C12H21N3. The van der Waals surface area contributed by atoms with Crippen LogP contribution < -0.4 is 5.73 Å². The average Bonchev–Trinajstić information content (AvgIpc) is 2.87. The fourth-order valence-corrected chi connectivity index (χ4v) is 2.56. The highest BCUT2D eigenvalue weighted by Crippen LogP contribution is 2.40. The van der Waals surface area contributed by atoms with E-state index in [1.807, 2.05) is 10.9 Å². The maximum Gasteiger partial charge on any atom is 0.0528 e. The third kappa shape index (κ3) is 1.81. The lowest BCUT2D eigenvalue weighted by Gasteiger charge is -2.25.